The molecule has 0 aromatic carbocycles. The average molecular weight is 220 g/mol. The molecule has 1 aliphatic heterocycles. The van der Waals surface area contributed by atoms with Gasteiger partial charge in [-0.25, -0.2) is 4.98 Å². The fourth-order valence-corrected chi connectivity index (χ4v) is 2.08. The molecule has 1 aromatic heterocycles. The summed E-state index contributed by atoms with van der Waals surface area (Å²) < 4.78 is 0. The lowest BCUT2D eigenvalue weighted by molar-refractivity contribution is 0.112. The summed E-state index contributed by atoms with van der Waals surface area (Å²) in [5, 5.41) is 9.14. The van der Waals surface area contributed by atoms with Crippen LogP contribution in [0.1, 0.15) is 23.2 Å². The van der Waals surface area contributed by atoms with Gasteiger partial charge in [-0.1, -0.05) is 0 Å². The first-order chi connectivity index (χ1) is 7.83. The van der Waals surface area contributed by atoms with Crippen molar-refractivity contribution < 1.29 is 9.90 Å². The van der Waals surface area contributed by atoms with Crippen LogP contribution in [0, 0.1) is 5.92 Å². The van der Waals surface area contributed by atoms with Crippen LogP contribution in [0.3, 0.4) is 0 Å². The Bertz CT molecular complexity index is 351. The number of hydrogen-bond donors (Lipinski definition) is 1. The molecule has 1 aliphatic rings. The van der Waals surface area contributed by atoms with E-state index in [1.807, 2.05) is 6.07 Å². The molecule has 2 heterocycles. The third kappa shape index (κ3) is 2.39. The molecule has 0 amide bonds. The highest BCUT2D eigenvalue weighted by atomic mass is 16.3. The maximum Gasteiger partial charge on any atom is 0.151 e. The molecule has 0 radical (unpaired) electrons. The third-order valence-corrected chi connectivity index (χ3v) is 3.01. The van der Waals surface area contributed by atoms with E-state index in [0.29, 0.717) is 11.5 Å². The number of rotatable bonds is 3. The largest absolute Gasteiger partial charge is 0.396 e. The van der Waals surface area contributed by atoms with Crippen molar-refractivity contribution in [2.75, 3.05) is 24.6 Å². The number of aliphatic hydroxyl groups excluding tert-OH is 1. The monoisotopic (exact) mass is 220 g/mol. The van der Waals surface area contributed by atoms with E-state index < -0.39 is 0 Å². The molecular weight excluding hydrogens is 204 g/mol. The van der Waals surface area contributed by atoms with Gasteiger partial charge in [0.15, 0.2) is 6.29 Å². The van der Waals surface area contributed by atoms with Gasteiger partial charge >= 0.3 is 0 Å². The summed E-state index contributed by atoms with van der Waals surface area (Å²) >= 11 is 0. The van der Waals surface area contributed by atoms with E-state index in [-0.39, 0.29) is 6.61 Å². The molecule has 86 valence electrons. The van der Waals surface area contributed by atoms with Gasteiger partial charge in [0, 0.05) is 31.5 Å². The van der Waals surface area contributed by atoms with Gasteiger partial charge in [0.1, 0.15) is 5.82 Å². The predicted octanol–water partition coefficient (Wildman–Crippen LogP) is 1.10. The van der Waals surface area contributed by atoms with Crippen molar-refractivity contribution in [1.29, 1.82) is 0 Å². The molecule has 16 heavy (non-hydrogen) atoms. The standard InChI is InChI=1S/C12H16N2O2/c15-8-10-3-4-12(13-6-10)14-5-1-2-11(7-14)9-16/h3-4,6,8,11,16H,1-2,5,7,9H2. The number of aromatic nitrogens is 1. The zero-order valence-electron chi connectivity index (χ0n) is 9.17. The van der Waals surface area contributed by atoms with Gasteiger partial charge in [-0.05, 0) is 30.9 Å². The molecule has 0 spiro atoms. The van der Waals surface area contributed by atoms with Gasteiger partial charge in [0.2, 0.25) is 0 Å². The second-order valence-electron chi connectivity index (χ2n) is 4.20. The highest BCUT2D eigenvalue weighted by Gasteiger charge is 2.19. The number of piperidine rings is 1. The highest BCUT2D eigenvalue weighted by molar-refractivity contribution is 5.74. The number of nitrogens with zero attached hydrogens (tertiary/aromatic N) is 2. The molecule has 1 atom stereocenters. The SMILES string of the molecule is O=Cc1ccc(N2CCCC(CO)C2)nc1. The van der Waals surface area contributed by atoms with Crippen LogP contribution in [-0.4, -0.2) is 36.1 Å². The summed E-state index contributed by atoms with van der Waals surface area (Å²) in [4.78, 5) is 16.9. The highest BCUT2D eigenvalue weighted by Crippen LogP contribution is 2.21. The van der Waals surface area contributed by atoms with E-state index in [9.17, 15) is 4.79 Å². The van der Waals surface area contributed by atoms with Gasteiger partial charge in [-0.3, -0.25) is 4.79 Å². The summed E-state index contributed by atoms with van der Waals surface area (Å²) in [6.45, 7) is 2.07. The molecule has 2 rings (SSSR count). The van der Waals surface area contributed by atoms with Crippen molar-refractivity contribution in [3.05, 3.63) is 23.9 Å². The molecule has 1 fully saturated rings. The summed E-state index contributed by atoms with van der Waals surface area (Å²) in [7, 11) is 0. The Morgan fingerprint density at radius 3 is 3.06 bits per heavy atom. The van der Waals surface area contributed by atoms with Crippen molar-refractivity contribution in [1.82, 2.24) is 4.98 Å². The third-order valence-electron chi connectivity index (χ3n) is 3.01. The van der Waals surface area contributed by atoms with Crippen LogP contribution in [0.15, 0.2) is 18.3 Å². The number of carbonyl (C=O) groups is 1. The molecule has 1 saturated heterocycles. The number of carbonyl (C=O) groups excluding carboxylic acids is 1. The zero-order valence-corrected chi connectivity index (χ0v) is 9.17. The van der Waals surface area contributed by atoms with Crippen LogP contribution in [-0.2, 0) is 0 Å². The molecule has 0 saturated carbocycles. The Labute approximate surface area is 94.9 Å². The van der Waals surface area contributed by atoms with Crippen molar-refractivity contribution in [3.63, 3.8) is 0 Å². The van der Waals surface area contributed by atoms with Crippen LogP contribution < -0.4 is 4.90 Å². The lowest BCUT2D eigenvalue weighted by Gasteiger charge is -2.32. The van der Waals surface area contributed by atoms with Gasteiger partial charge in [-0.2, -0.15) is 0 Å². The fraction of sp³-hybridized carbons (Fsp3) is 0.500. The summed E-state index contributed by atoms with van der Waals surface area (Å²) in [6, 6.07) is 3.64. The predicted molar refractivity (Wildman–Crippen MR) is 61.6 cm³/mol. The smallest absolute Gasteiger partial charge is 0.151 e. The number of pyridine rings is 1. The van der Waals surface area contributed by atoms with Crippen LogP contribution in [0.25, 0.3) is 0 Å². The fourth-order valence-electron chi connectivity index (χ4n) is 2.08. The van der Waals surface area contributed by atoms with Gasteiger partial charge < -0.3 is 10.0 Å². The summed E-state index contributed by atoms with van der Waals surface area (Å²) in [6.07, 6.45) is 4.55. The number of anilines is 1. The van der Waals surface area contributed by atoms with Crippen LogP contribution in [0.2, 0.25) is 0 Å². The second kappa shape index (κ2) is 5.07. The van der Waals surface area contributed by atoms with Crippen molar-refractivity contribution in [2.45, 2.75) is 12.8 Å². The minimum atomic E-state index is 0.239. The van der Waals surface area contributed by atoms with Crippen LogP contribution in [0.4, 0.5) is 5.82 Å². The first kappa shape index (κ1) is 11.1. The molecule has 0 aliphatic carbocycles. The topological polar surface area (TPSA) is 53.4 Å². The quantitative estimate of drug-likeness (QED) is 0.775. The zero-order chi connectivity index (χ0) is 11.4. The van der Waals surface area contributed by atoms with E-state index in [4.69, 9.17) is 5.11 Å². The summed E-state index contributed by atoms with van der Waals surface area (Å²) in [5.74, 6) is 1.24. The first-order valence-electron chi connectivity index (χ1n) is 5.60. The maximum absolute atomic E-state index is 10.5. The lowest BCUT2D eigenvalue weighted by atomic mass is 9.99. The van der Waals surface area contributed by atoms with E-state index >= 15 is 0 Å². The molecule has 1 aromatic rings. The van der Waals surface area contributed by atoms with E-state index in [0.717, 1.165) is 38.0 Å². The minimum Gasteiger partial charge on any atom is -0.396 e. The number of hydrogen-bond acceptors (Lipinski definition) is 4. The van der Waals surface area contributed by atoms with Crippen LogP contribution in [0.5, 0.6) is 0 Å². The normalized spacial score (nSPS) is 20.8. The van der Waals surface area contributed by atoms with Gasteiger partial charge in [0.25, 0.3) is 0 Å². The second-order valence-corrected chi connectivity index (χ2v) is 4.20. The van der Waals surface area contributed by atoms with E-state index in [2.05, 4.69) is 9.88 Å². The Hall–Kier alpha value is -1.42. The molecular formula is C12H16N2O2. The van der Waals surface area contributed by atoms with Crippen LogP contribution >= 0.6 is 0 Å². The van der Waals surface area contributed by atoms with E-state index in [1.165, 1.54) is 0 Å². The molecule has 4 nitrogen and oxygen atoms in total. The van der Waals surface area contributed by atoms with Gasteiger partial charge in [0.05, 0.1) is 0 Å². The van der Waals surface area contributed by atoms with Gasteiger partial charge in [-0.15, -0.1) is 0 Å². The first-order valence-corrected chi connectivity index (χ1v) is 5.60. The summed E-state index contributed by atoms with van der Waals surface area (Å²) in [5.41, 5.74) is 0.597. The average Bonchev–Trinajstić information content (AvgIpc) is 2.39. The lowest BCUT2D eigenvalue weighted by Crippen LogP contribution is -2.37. The van der Waals surface area contributed by atoms with E-state index in [1.54, 1.807) is 12.3 Å². The minimum absolute atomic E-state index is 0.239. The molecule has 0 bridgehead atoms. The van der Waals surface area contributed by atoms with Crippen molar-refractivity contribution >= 4 is 12.1 Å². The van der Waals surface area contributed by atoms with Crippen molar-refractivity contribution in [2.24, 2.45) is 5.92 Å². The molecule has 1 N–H and O–H groups in total. The number of aldehydes is 1. The Morgan fingerprint density at radius 2 is 2.44 bits per heavy atom. The molecule has 1 unspecified atom stereocenters. The number of aliphatic hydroxyl groups is 1. The molecule has 4 heteroatoms. The Morgan fingerprint density at radius 1 is 1.56 bits per heavy atom. The Kier molecular flexibility index (Phi) is 3.51. The maximum atomic E-state index is 10.5. The Balaban J connectivity index is 2.07. The van der Waals surface area contributed by atoms with Crippen molar-refractivity contribution in [3.8, 4) is 0 Å².